The molecule has 4 heteroatoms. The minimum absolute atomic E-state index is 0.0735. The molecule has 26 heavy (non-hydrogen) atoms. The van der Waals surface area contributed by atoms with Crippen LogP contribution in [0.5, 0.6) is 0 Å². The van der Waals surface area contributed by atoms with Gasteiger partial charge in [0.15, 0.2) is 0 Å². The Morgan fingerprint density at radius 3 is 2.15 bits per heavy atom. The van der Waals surface area contributed by atoms with E-state index >= 15 is 0 Å². The van der Waals surface area contributed by atoms with Gasteiger partial charge in [0, 0.05) is 23.7 Å². The highest BCUT2D eigenvalue weighted by atomic mass is 16.2. The third-order valence-corrected chi connectivity index (χ3v) is 4.59. The molecule has 4 rings (SSSR count). The molecule has 0 spiro atoms. The number of fused-ring (bicyclic) bond motifs is 1. The van der Waals surface area contributed by atoms with Crippen LogP contribution in [0.2, 0.25) is 0 Å². The monoisotopic (exact) mass is 344 g/mol. The van der Waals surface area contributed by atoms with E-state index < -0.39 is 0 Å². The molecule has 0 radical (unpaired) electrons. The fourth-order valence-electron chi connectivity index (χ4n) is 2.90. The first-order valence-corrected chi connectivity index (χ1v) is 8.86. The highest BCUT2D eigenvalue weighted by molar-refractivity contribution is 5.98. The lowest BCUT2D eigenvalue weighted by Gasteiger charge is -2.08. The summed E-state index contributed by atoms with van der Waals surface area (Å²) in [6.45, 7) is 0.466. The van der Waals surface area contributed by atoms with Gasteiger partial charge in [-0.2, -0.15) is 0 Å². The molecule has 3 aromatic rings. The summed E-state index contributed by atoms with van der Waals surface area (Å²) in [6.07, 6.45) is 2.11. The zero-order chi connectivity index (χ0) is 17.9. The van der Waals surface area contributed by atoms with Crippen LogP contribution in [0, 0.1) is 0 Å². The predicted molar refractivity (Wildman–Crippen MR) is 102 cm³/mol. The van der Waals surface area contributed by atoms with E-state index in [1.165, 1.54) is 5.39 Å². The number of hydrogen-bond donors (Lipinski definition) is 2. The smallest absolute Gasteiger partial charge is 0.251 e. The Balaban J connectivity index is 1.38. The van der Waals surface area contributed by atoms with Crippen molar-refractivity contribution in [3.8, 4) is 0 Å². The first-order chi connectivity index (χ1) is 12.7. The molecule has 2 amide bonds. The normalized spacial score (nSPS) is 13.4. The molecule has 4 nitrogen and oxygen atoms in total. The molecule has 0 aromatic heterocycles. The van der Waals surface area contributed by atoms with Gasteiger partial charge in [-0.3, -0.25) is 9.59 Å². The lowest BCUT2D eigenvalue weighted by Crippen LogP contribution is -2.26. The molecule has 0 bridgehead atoms. The van der Waals surface area contributed by atoms with Crippen molar-refractivity contribution in [2.24, 2.45) is 0 Å². The zero-order valence-corrected chi connectivity index (χ0v) is 14.4. The van der Waals surface area contributed by atoms with Crippen molar-refractivity contribution in [2.75, 3.05) is 0 Å². The molecule has 0 saturated heterocycles. The molecule has 0 unspecified atom stereocenters. The van der Waals surface area contributed by atoms with Gasteiger partial charge in [0.25, 0.3) is 11.8 Å². The maximum Gasteiger partial charge on any atom is 0.251 e. The lowest BCUT2D eigenvalue weighted by atomic mass is 10.1. The highest BCUT2D eigenvalue weighted by Crippen LogP contribution is 2.19. The second kappa shape index (κ2) is 7.00. The van der Waals surface area contributed by atoms with Crippen molar-refractivity contribution in [3.05, 3.63) is 83.4 Å². The number of carbonyl (C=O) groups is 2. The van der Waals surface area contributed by atoms with Gasteiger partial charge in [-0.25, -0.2) is 0 Å². The average molecular weight is 344 g/mol. The van der Waals surface area contributed by atoms with Crippen LogP contribution >= 0.6 is 0 Å². The summed E-state index contributed by atoms with van der Waals surface area (Å²) in [7, 11) is 0. The third-order valence-electron chi connectivity index (χ3n) is 4.59. The number of benzene rings is 3. The highest BCUT2D eigenvalue weighted by Gasteiger charge is 2.23. The zero-order valence-electron chi connectivity index (χ0n) is 14.4. The largest absolute Gasteiger partial charge is 0.349 e. The maximum atomic E-state index is 12.3. The van der Waals surface area contributed by atoms with E-state index in [-0.39, 0.29) is 11.8 Å². The minimum atomic E-state index is -0.146. The average Bonchev–Trinajstić information content (AvgIpc) is 3.50. The summed E-state index contributed by atoms with van der Waals surface area (Å²) < 4.78 is 0. The van der Waals surface area contributed by atoms with Gasteiger partial charge in [0.1, 0.15) is 0 Å². The van der Waals surface area contributed by atoms with Crippen LogP contribution < -0.4 is 10.6 Å². The van der Waals surface area contributed by atoms with Gasteiger partial charge in [-0.05, 0) is 59.5 Å². The van der Waals surface area contributed by atoms with Crippen molar-refractivity contribution >= 4 is 22.6 Å². The van der Waals surface area contributed by atoms with Gasteiger partial charge in [-0.1, -0.05) is 36.4 Å². The van der Waals surface area contributed by atoms with Crippen molar-refractivity contribution in [1.29, 1.82) is 0 Å². The number of hydrogen-bond acceptors (Lipinski definition) is 2. The molecular formula is C22H20N2O2. The van der Waals surface area contributed by atoms with Crippen LogP contribution in [0.3, 0.4) is 0 Å². The molecule has 1 aliphatic carbocycles. The predicted octanol–water partition coefficient (Wildman–Crippen LogP) is 3.66. The van der Waals surface area contributed by atoms with E-state index in [1.807, 2.05) is 18.2 Å². The van der Waals surface area contributed by atoms with E-state index in [4.69, 9.17) is 0 Å². The SMILES string of the molecule is O=C(NCc1ccc2ccccc2c1)c1ccc(C(=O)NC2CC2)cc1. The number of nitrogens with one attached hydrogen (secondary N) is 2. The molecular weight excluding hydrogens is 324 g/mol. The fourth-order valence-corrected chi connectivity index (χ4v) is 2.90. The molecule has 0 aliphatic heterocycles. The summed E-state index contributed by atoms with van der Waals surface area (Å²) in [6, 6.07) is 21.4. The molecule has 1 fully saturated rings. The Hall–Kier alpha value is -3.14. The van der Waals surface area contributed by atoms with E-state index in [2.05, 4.69) is 34.9 Å². The van der Waals surface area contributed by atoms with E-state index in [1.54, 1.807) is 24.3 Å². The Morgan fingerprint density at radius 2 is 1.46 bits per heavy atom. The third kappa shape index (κ3) is 3.75. The fraction of sp³-hybridized carbons (Fsp3) is 0.182. The van der Waals surface area contributed by atoms with Crippen LogP contribution in [-0.4, -0.2) is 17.9 Å². The van der Waals surface area contributed by atoms with Crippen LogP contribution in [-0.2, 0) is 6.54 Å². The molecule has 130 valence electrons. The second-order valence-electron chi connectivity index (χ2n) is 6.69. The lowest BCUT2D eigenvalue weighted by molar-refractivity contribution is 0.0939. The van der Waals surface area contributed by atoms with Gasteiger partial charge in [0.05, 0.1) is 0 Å². The Kier molecular flexibility index (Phi) is 4.40. The van der Waals surface area contributed by atoms with Crippen molar-refractivity contribution in [3.63, 3.8) is 0 Å². The van der Waals surface area contributed by atoms with Crippen LogP contribution in [0.25, 0.3) is 10.8 Å². The summed E-state index contributed by atoms with van der Waals surface area (Å²) in [5, 5.41) is 8.21. The number of carbonyl (C=O) groups excluding carboxylic acids is 2. The van der Waals surface area contributed by atoms with Gasteiger partial charge in [0.2, 0.25) is 0 Å². The number of amides is 2. The molecule has 1 aliphatic rings. The Morgan fingerprint density at radius 1 is 0.808 bits per heavy atom. The summed E-state index contributed by atoms with van der Waals surface area (Å²) in [4.78, 5) is 24.3. The van der Waals surface area contributed by atoms with Crippen molar-refractivity contribution in [1.82, 2.24) is 10.6 Å². The van der Waals surface area contributed by atoms with E-state index in [9.17, 15) is 9.59 Å². The first-order valence-electron chi connectivity index (χ1n) is 8.86. The number of rotatable bonds is 5. The minimum Gasteiger partial charge on any atom is -0.349 e. The molecule has 0 heterocycles. The topological polar surface area (TPSA) is 58.2 Å². The van der Waals surface area contributed by atoms with Gasteiger partial charge >= 0.3 is 0 Å². The van der Waals surface area contributed by atoms with Gasteiger partial charge < -0.3 is 10.6 Å². The van der Waals surface area contributed by atoms with Crippen LogP contribution in [0.1, 0.15) is 39.1 Å². The van der Waals surface area contributed by atoms with E-state index in [0.717, 1.165) is 23.8 Å². The summed E-state index contributed by atoms with van der Waals surface area (Å²) in [5.41, 5.74) is 2.19. The van der Waals surface area contributed by atoms with Crippen molar-refractivity contribution < 1.29 is 9.59 Å². The standard InChI is InChI=1S/C22H20N2O2/c25-21(17-7-9-18(10-8-17)22(26)24-20-11-12-20)23-14-15-5-6-16-3-1-2-4-19(16)13-15/h1-10,13,20H,11-12,14H2,(H,23,25)(H,24,26). The molecule has 3 aromatic carbocycles. The molecule has 0 atom stereocenters. The quantitative estimate of drug-likeness (QED) is 0.742. The molecule has 1 saturated carbocycles. The molecule has 2 N–H and O–H groups in total. The van der Waals surface area contributed by atoms with Crippen LogP contribution in [0.15, 0.2) is 66.7 Å². The maximum absolute atomic E-state index is 12.3. The Labute approximate surface area is 152 Å². The first kappa shape index (κ1) is 16.3. The van der Waals surface area contributed by atoms with Gasteiger partial charge in [-0.15, -0.1) is 0 Å². The summed E-state index contributed by atoms with van der Waals surface area (Å²) in [5.74, 6) is -0.220. The second-order valence-corrected chi connectivity index (χ2v) is 6.69. The Bertz CT molecular complexity index is 959. The van der Waals surface area contributed by atoms with E-state index in [0.29, 0.717) is 23.7 Å². The summed E-state index contributed by atoms with van der Waals surface area (Å²) >= 11 is 0. The van der Waals surface area contributed by atoms with Crippen LogP contribution in [0.4, 0.5) is 0 Å². The van der Waals surface area contributed by atoms with Crippen molar-refractivity contribution in [2.45, 2.75) is 25.4 Å².